The largest absolute Gasteiger partial charge is 0.467 e. The van der Waals surface area contributed by atoms with Gasteiger partial charge in [-0.1, -0.05) is 0 Å². The van der Waals surface area contributed by atoms with Crippen molar-refractivity contribution in [2.24, 2.45) is 0 Å². The van der Waals surface area contributed by atoms with Crippen LogP contribution in [0.4, 0.5) is 0 Å². The molecule has 3 N–H and O–H groups in total. The highest BCUT2D eigenvalue weighted by molar-refractivity contribution is 7.80. The van der Waals surface area contributed by atoms with Crippen molar-refractivity contribution in [3.8, 4) is 0 Å². The minimum atomic E-state index is 0.337. The van der Waals surface area contributed by atoms with E-state index in [1.165, 1.54) is 0 Å². The van der Waals surface area contributed by atoms with Gasteiger partial charge in [-0.3, -0.25) is 15.6 Å². The van der Waals surface area contributed by atoms with Gasteiger partial charge < -0.3 is 9.73 Å². The Hall–Kier alpha value is -1.56. The maximum absolute atomic E-state index is 9.86. The molecule has 0 spiro atoms. The molecule has 0 atom stereocenters. The van der Waals surface area contributed by atoms with Crippen molar-refractivity contribution in [1.82, 2.24) is 16.2 Å². The Morgan fingerprint density at radius 1 is 1.69 bits per heavy atom. The number of hydrogen-bond acceptors (Lipinski definition) is 3. The highest BCUT2D eigenvalue weighted by Gasteiger charge is 1.96. The van der Waals surface area contributed by atoms with Gasteiger partial charge in [0.15, 0.2) is 5.11 Å². The molecule has 0 fully saturated rings. The topological polar surface area (TPSA) is 66.3 Å². The van der Waals surface area contributed by atoms with E-state index in [1.54, 1.807) is 12.3 Å². The SMILES string of the molecule is O=CNNC(=S)NCc1ccco1. The molecular formula is C7H9N3O2S. The molecule has 70 valence electrons. The minimum absolute atomic E-state index is 0.337. The lowest BCUT2D eigenvalue weighted by atomic mass is 10.4. The first-order valence-corrected chi connectivity index (χ1v) is 3.99. The van der Waals surface area contributed by atoms with Gasteiger partial charge in [-0.15, -0.1) is 0 Å². The number of hydrogen-bond donors (Lipinski definition) is 3. The zero-order chi connectivity index (χ0) is 9.52. The molecule has 5 nitrogen and oxygen atoms in total. The van der Waals surface area contributed by atoms with Crippen molar-refractivity contribution in [3.63, 3.8) is 0 Å². The molecule has 0 saturated heterocycles. The summed E-state index contributed by atoms with van der Waals surface area (Å²) in [5.41, 5.74) is 4.67. The third-order valence-electron chi connectivity index (χ3n) is 1.25. The summed E-state index contributed by atoms with van der Waals surface area (Å²) in [5, 5.41) is 3.16. The molecule has 6 heteroatoms. The third kappa shape index (κ3) is 3.57. The third-order valence-corrected chi connectivity index (χ3v) is 1.49. The Labute approximate surface area is 80.5 Å². The van der Waals surface area contributed by atoms with Crippen molar-refractivity contribution < 1.29 is 9.21 Å². The fourth-order valence-electron chi connectivity index (χ4n) is 0.720. The van der Waals surface area contributed by atoms with Crippen LogP contribution in [0.3, 0.4) is 0 Å². The van der Waals surface area contributed by atoms with Gasteiger partial charge in [0.25, 0.3) is 0 Å². The lowest BCUT2D eigenvalue weighted by Gasteiger charge is -2.06. The Kier molecular flexibility index (Phi) is 3.77. The second-order valence-electron chi connectivity index (χ2n) is 2.15. The van der Waals surface area contributed by atoms with E-state index < -0.39 is 0 Å². The van der Waals surface area contributed by atoms with Crippen LogP contribution < -0.4 is 16.2 Å². The van der Waals surface area contributed by atoms with Crippen LogP contribution in [0.15, 0.2) is 22.8 Å². The summed E-state index contributed by atoms with van der Waals surface area (Å²) < 4.78 is 5.05. The van der Waals surface area contributed by atoms with E-state index in [4.69, 9.17) is 16.6 Å². The summed E-state index contributed by atoms with van der Waals surface area (Å²) in [6.07, 6.45) is 2.08. The molecule has 1 aromatic rings. The molecule has 0 radical (unpaired) electrons. The standard InChI is InChI=1S/C7H9N3O2S/c11-5-9-10-7(13)8-4-6-2-1-3-12-6/h1-3,5H,4H2,(H,9,11)(H2,8,10,13). The molecule has 0 aromatic carbocycles. The number of rotatable bonds is 4. The number of amides is 1. The summed E-state index contributed by atoms with van der Waals surface area (Å²) in [6.45, 7) is 0.485. The van der Waals surface area contributed by atoms with Gasteiger partial charge in [-0.05, 0) is 24.4 Å². The van der Waals surface area contributed by atoms with Crippen LogP contribution in [0.1, 0.15) is 5.76 Å². The Balaban J connectivity index is 2.19. The zero-order valence-corrected chi connectivity index (χ0v) is 7.56. The maximum Gasteiger partial charge on any atom is 0.225 e. The van der Waals surface area contributed by atoms with Crippen molar-refractivity contribution in [3.05, 3.63) is 24.2 Å². The molecular weight excluding hydrogens is 190 g/mol. The molecule has 0 aliphatic heterocycles. The van der Waals surface area contributed by atoms with E-state index in [1.807, 2.05) is 6.07 Å². The molecule has 0 saturated carbocycles. The summed E-state index contributed by atoms with van der Waals surface area (Å²) in [6, 6.07) is 3.61. The number of hydrazine groups is 1. The lowest BCUT2D eigenvalue weighted by Crippen LogP contribution is -2.42. The smallest absolute Gasteiger partial charge is 0.225 e. The van der Waals surface area contributed by atoms with Gasteiger partial charge in [0, 0.05) is 0 Å². The maximum atomic E-state index is 9.86. The molecule has 0 unspecified atom stereocenters. The average molecular weight is 199 g/mol. The van der Waals surface area contributed by atoms with Crippen LogP contribution in [0.5, 0.6) is 0 Å². The van der Waals surface area contributed by atoms with Crippen molar-refractivity contribution in [2.45, 2.75) is 6.54 Å². The van der Waals surface area contributed by atoms with E-state index in [2.05, 4.69) is 16.2 Å². The van der Waals surface area contributed by atoms with Gasteiger partial charge in [-0.25, -0.2) is 0 Å². The number of carbonyl (C=O) groups excluding carboxylic acids is 1. The van der Waals surface area contributed by atoms with Crippen LogP contribution in [0.2, 0.25) is 0 Å². The van der Waals surface area contributed by atoms with Crippen molar-refractivity contribution >= 4 is 23.7 Å². The van der Waals surface area contributed by atoms with Gasteiger partial charge in [0.1, 0.15) is 5.76 Å². The van der Waals surface area contributed by atoms with E-state index in [0.29, 0.717) is 18.1 Å². The number of thiocarbonyl (C=S) groups is 1. The fourth-order valence-corrected chi connectivity index (χ4v) is 0.851. The van der Waals surface area contributed by atoms with Crippen LogP contribution in [-0.4, -0.2) is 11.5 Å². The summed E-state index contributed by atoms with van der Waals surface area (Å²) in [7, 11) is 0. The van der Waals surface area contributed by atoms with Crippen LogP contribution in [0.25, 0.3) is 0 Å². The van der Waals surface area contributed by atoms with Crippen LogP contribution in [-0.2, 0) is 11.3 Å². The Morgan fingerprint density at radius 2 is 2.54 bits per heavy atom. The zero-order valence-electron chi connectivity index (χ0n) is 6.74. The average Bonchev–Trinajstić information content (AvgIpc) is 2.64. The number of nitrogens with one attached hydrogen (secondary N) is 3. The van der Waals surface area contributed by atoms with E-state index in [0.717, 1.165) is 5.76 Å². The minimum Gasteiger partial charge on any atom is -0.467 e. The monoisotopic (exact) mass is 199 g/mol. The van der Waals surface area contributed by atoms with Crippen molar-refractivity contribution in [2.75, 3.05) is 0 Å². The van der Waals surface area contributed by atoms with Crippen LogP contribution >= 0.6 is 12.2 Å². The van der Waals surface area contributed by atoms with Crippen molar-refractivity contribution in [1.29, 1.82) is 0 Å². The van der Waals surface area contributed by atoms with E-state index >= 15 is 0 Å². The lowest BCUT2D eigenvalue weighted by molar-refractivity contribution is -0.110. The predicted octanol–water partition coefficient (Wildman–Crippen LogP) is -0.0953. The van der Waals surface area contributed by atoms with E-state index in [9.17, 15) is 4.79 Å². The van der Waals surface area contributed by atoms with Gasteiger partial charge in [-0.2, -0.15) is 0 Å². The molecule has 1 rings (SSSR count). The first-order valence-electron chi connectivity index (χ1n) is 3.58. The molecule has 13 heavy (non-hydrogen) atoms. The number of carbonyl (C=O) groups is 1. The molecule has 0 aliphatic rings. The normalized spacial score (nSPS) is 8.92. The van der Waals surface area contributed by atoms with Crippen LogP contribution in [0, 0.1) is 0 Å². The van der Waals surface area contributed by atoms with Gasteiger partial charge in [0.05, 0.1) is 12.8 Å². The quantitative estimate of drug-likeness (QED) is 0.359. The molecule has 1 amide bonds. The first-order chi connectivity index (χ1) is 6.33. The second kappa shape index (κ2) is 5.15. The highest BCUT2D eigenvalue weighted by Crippen LogP contribution is 1.97. The Morgan fingerprint density at radius 3 is 3.15 bits per heavy atom. The summed E-state index contributed by atoms with van der Waals surface area (Å²) in [5.74, 6) is 0.773. The predicted molar refractivity (Wildman–Crippen MR) is 50.5 cm³/mol. The summed E-state index contributed by atoms with van der Waals surface area (Å²) in [4.78, 5) is 9.86. The summed E-state index contributed by atoms with van der Waals surface area (Å²) >= 11 is 4.81. The fraction of sp³-hybridized carbons (Fsp3) is 0.143. The van der Waals surface area contributed by atoms with Gasteiger partial charge in [0.2, 0.25) is 6.41 Å². The first kappa shape index (κ1) is 9.53. The molecule has 1 aromatic heterocycles. The van der Waals surface area contributed by atoms with E-state index in [-0.39, 0.29) is 0 Å². The molecule has 0 aliphatic carbocycles. The Bertz CT molecular complexity index is 273. The molecule has 0 bridgehead atoms. The number of furan rings is 1. The molecule has 1 heterocycles. The highest BCUT2D eigenvalue weighted by atomic mass is 32.1. The van der Waals surface area contributed by atoms with Gasteiger partial charge >= 0.3 is 0 Å². The second-order valence-corrected chi connectivity index (χ2v) is 2.56.